The molecule has 8 heteroatoms. The maximum Gasteiger partial charge on any atom is 0.417 e. The van der Waals surface area contributed by atoms with Crippen molar-refractivity contribution in [2.45, 2.75) is 48.8 Å². The summed E-state index contributed by atoms with van der Waals surface area (Å²) in [6.45, 7) is 0. The van der Waals surface area contributed by atoms with Crippen molar-refractivity contribution in [1.29, 1.82) is 0 Å². The Morgan fingerprint density at radius 2 is 1.67 bits per heavy atom. The SMILES string of the molecule is O=C(c1ccc(F)cc1C(F)(F)F)C1CC2CCCC(C1)S2(=O)=O. The van der Waals surface area contributed by atoms with Gasteiger partial charge in [0.25, 0.3) is 0 Å². The number of alkyl halides is 3. The van der Waals surface area contributed by atoms with E-state index < -0.39 is 55.2 Å². The highest BCUT2D eigenvalue weighted by Gasteiger charge is 2.47. The van der Waals surface area contributed by atoms with Crippen molar-refractivity contribution in [3.8, 4) is 0 Å². The topological polar surface area (TPSA) is 51.2 Å². The van der Waals surface area contributed by atoms with Crippen molar-refractivity contribution in [1.82, 2.24) is 0 Å². The highest BCUT2D eigenvalue weighted by Crippen LogP contribution is 2.42. The van der Waals surface area contributed by atoms with Gasteiger partial charge in [0.15, 0.2) is 15.6 Å². The minimum absolute atomic E-state index is 0.0480. The van der Waals surface area contributed by atoms with Gasteiger partial charge in [-0.2, -0.15) is 13.2 Å². The lowest BCUT2D eigenvalue weighted by molar-refractivity contribution is -0.138. The molecule has 2 aliphatic rings. The van der Waals surface area contributed by atoms with E-state index in [1.54, 1.807) is 0 Å². The minimum Gasteiger partial charge on any atom is -0.294 e. The molecule has 3 nitrogen and oxygen atoms in total. The van der Waals surface area contributed by atoms with Crippen LogP contribution in [0.3, 0.4) is 0 Å². The third-order valence-electron chi connectivity index (χ3n) is 5.00. The molecule has 0 saturated carbocycles. The van der Waals surface area contributed by atoms with Crippen LogP contribution in [0.25, 0.3) is 0 Å². The lowest BCUT2D eigenvalue weighted by atomic mass is 9.83. The first kappa shape index (κ1) is 17.4. The number of Topliss-reactive ketones (excluding diaryl/α,β-unsaturated/α-hetero) is 1. The summed E-state index contributed by atoms with van der Waals surface area (Å²) in [7, 11) is -3.29. The Morgan fingerprint density at radius 3 is 2.21 bits per heavy atom. The molecule has 0 aliphatic carbocycles. The molecule has 3 rings (SSSR count). The van der Waals surface area contributed by atoms with Crippen LogP contribution >= 0.6 is 0 Å². The van der Waals surface area contributed by atoms with Crippen LogP contribution in [-0.2, 0) is 16.0 Å². The number of rotatable bonds is 2. The molecule has 1 aromatic rings. The number of halogens is 4. The summed E-state index contributed by atoms with van der Waals surface area (Å²) in [5.74, 6) is -2.58. The second-order valence-electron chi connectivity index (χ2n) is 6.48. The molecule has 1 aromatic carbocycles. The van der Waals surface area contributed by atoms with Gasteiger partial charge in [0.1, 0.15) is 5.82 Å². The fraction of sp³-hybridized carbons (Fsp3) is 0.562. The molecular formula is C16H16F4O3S. The molecule has 0 spiro atoms. The second kappa shape index (κ2) is 5.82. The normalized spacial score (nSPS) is 29.2. The molecule has 0 radical (unpaired) electrons. The molecule has 2 atom stereocenters. The Labute approximate surface area is 137 Å². The van der Waals surface area contributed by atoms with Crippen LogP contribution in [0.4, 0.5) is 17.6 Å². The van der Waals surface area contributed by atoms with Crippen molar-refractivity contribution in [2.75, 3.05) is 0 Å². The van der Waals surface area contributed by atoms with E-state index in [-0.39, 0.29) is 12.8 Å². The number of carbonyl (C=O) groups is 1. The van der Waals surface area contributed by atoms with Gasteiger partial charge in [-0.25, -0.2) is 12.8 Å². The van der Waals surface area contributed by atoms with E-state index >= 15 is 0 Å². The van der Waals surface area contributed by atoms with Crippen LogP contribution in [0.15, 0.2) is 18.2 Å². The number of hydrogen-bond donors (Lipinski definition) is 0. The van der Waals surface area contributed by atoms with Crippen molar-refractivity contribution in [3.05, 3.63) is 35.1 Å². The smallest absolute Gasteiger partial charge is 0.294 e. The summed E-state index contributed by atoms with van der Waals surface area (Å²) in [4.78, 5) is 12.6. The number of hydrogen-bond acceptors (Lipinski definition) is 3. The maximum absolute atomic E-state index is 13.2. The van der Waals surface area contributed by atoms with Crippen LogP contribution in [0.1, 0.15) is 48.0 Å². The monoisotopic (exact) mass is 364 g/mol. The molecule has 2 fully saturated rings. The van der Waals surface area contributed by atoms with Gasteiger partial charge >= 0.3 is 6.18 Å². The lowest BCUT2D eigenvalue weighted by Crippen LogP contribution is -2.45. The van der Waals surface area contributed by atoms with Gasteiger partial charge in [-0.05, 0) is 43.9 Å². The van der Waals surface area contributed by atoms with Crippen LogP contribution < -0.4 is 0 Å². The van der Waals surface area contributed by atoms with Crippen molar-refractivity contribution >= 4 is 15.6 Å². The number of benzene rings is 1. The fourth-order valence-electron chi connectivity index (χ4n) is 3.81. The van der Waals surface area contributed by atoms with E-state index in [4.69, 9.17) is 0 Å². The van der Waals surface area contributed by atoms with E-state index in [1.807, 2.05) is 0 Å². The van der Waals surface area contributed by atoms with Gasteiger partial charge in [-0.3, -0.25) is 4.79 Å². The molecule has 2 saturated heterocycles. The molecule has 0 amide bonds. The summed E-state index contributed by atoms with van der Waals surface area (Å²) in [6.07, 6.45) is -3.11. The van der Waals surface area contributed by atoms with E-state index in [1.165, 1.54) is 0 Å². The van der Waals surface area contributed by atoms with Crippen LogP contribution in [-0.4, -0.2) is 24.7 Å². The molecule has 2 heterocycles. The predicted octanol–water partition coefficient (Wildman–Crippen LogP) is 3.77. The minimum atomic E-state index is -4.84. The molecule has 132 valence electrons. The first-order valence-corrected chi connectivity index (χ1v) is 9.35. The highest BCUT2D eigenvalue weighted by molar-refractivity contribution is 7.92. The number of fused-ring (bicyclic) bond motifs is 2. The average Bonchev–Trinajstić information content (AvgIpc) is 2.44. The van der Waals surface area contributed by atoms with E-state index in [9.17, 15) is 30.8 Å². The summed E-state index contributed by atoms with van der Waals surface area (Å²) in [5, 5.41) is -1.32. The molecule has 0 aromatic heterocycles. The summed E-state index contributed by atoms with van der Waals surface area (Å²) >= 11 is 0. The zero-order valence-corrected chi connectivity index (χ0v) is 13.5. The third kappa shape index (κ3) is 2.96. The van der Waals surface area contributed by atoms with Crippen molar-refractivity contribution in [3.63, 3.8) is 0 Å². The summed E-state index contributed by atoms with van der Waals surface area (Å²) < 4.78 is 76.9. The Hall–Kier alpha value is -1.44. The van der Waals surface area contributed by atoms with Crippen LogP contribution in [0.5, 0.6) is 0 Å². The average molecular weight is 364 g/mol. The second-order valence-corrected chi connectivity index (χ2v) is 9.00. The van der Waals surface area contributed by atoms with E-state index in [0.717, 1.165) is 18.6 Å². The molecule has 2 aliphatic heterocycles. The van der Waals surface area contributed by atoms with E-state index in [2.05, 4.69) is 0 Å². The number of ketones is 1. The van der Waals surface area contributed by atoms with Gasteiger partial charge in [0, 0.05) is 11.5 Å². The quantitative estimate of drug-likeness (QED) is 0.593. The molecule has 2 bridgehead atoms. The number of carbonyl (C=O) groups excluding carboxylic acids is 1. The van der Waals surface area contributed by atoms with Gasteiger partial charge in [0.05, 0.1) is 16.1 Å². The maximum atomic E-state index is 13.2. The van der Waals surface area contributed by atoms with Gasteiger partial charge < -0.3 is 0 Å². The fourth-order valence-corrected chi connectivity index (χ4v) is 6.34. The Morgan fingerprint density at radius 1 is 1.08 bits per heavy atom. The zero-order valence-electron chi connectivity index (χ0n) is 12.6. The van der Waals surface area contributed by atoms with Gasteiger partial charge in [-0.1, -0.05) is 6.42 Å². The standard InChI is InChI=1S/C16H16F4O3S/c17-10-4-5-13(14(8-10)16(18,19)20)15(21)9-6-11-2-1-3-12(7-9)24(11,22)23/h4-5,8-9,11-12H,1-3,6-7H2. The summed E-state index contributed by atoms with van der Waals surface area (Å²) in [6, 6.07) is 1.98. The van der Waals surface area contributed by atoms with Gasteiger partial charge in [0.2, 0.25) is 0 Å². The third-order valence-corrected chi connectivity index (χ3v) is 7.71. The predicted molar refractivity (Wildman–Crippen MR) is 78.8 cm³/mol. The largest absolute Gasteiger partial charge is 0.417 e. The summed E-state index contributed by atoms with van der Waals surface area (Å²) in [5.41, 5.74) is -1.88. The van der Waals surface area contributed by atoms with Crippen molar-refractivity contribution < 1.29 is 30.8 Å². The number of sulfone groups is 1. The zero-order chi connectivity index (χ0) is 17.7. The Bertz CT molecular complexity index is 750. The molecule has 24 heavy (non-hydrogen) atoms. The molecule has 0 N–H and O–H groups in total. The highest BCUT2D eigenvalue weighted by atomic mass is 32.2. The first-order valence-electron chi connectivity index (χ1n) is 7.74. The molecular weight excluding hydrogens is 348 g/mol. The van der Waals surface area contributed by atoms with Gasteiger partial charge in [-0.15, -0.1) is 0 Å². The Kier molecular flexibility index (Phi) is 4.22. The van der Waals surface area contributed by atoms with Crippen LogP contribution in [0.2, 0.25) is 0 Å². The first-order chi connectivity index (χ1) is 11.1. The van der Waals surface area contributed by atoms with E-state index in [0.29, 0.717) is 18.9 Å². The van der Waals surface area contributed by atoms with Crippen LogP contribution in [0, 0.1) is 11.7 Å². The Balaban J connectivity index is 1.94. The van der Waals surface area contributed by atoms with Crippen molar-refractivity contribution in [2.24, 2.45) is 5.92 Å². The molecule has 2 unspecified atom stereocenters. The lowest BCUT2D eigenvalue weighted by Gasteiger charge is -2.38.